The molecule has 1 fully saturated rings. The lowest BCUT2D eigenvalue weighted by molar-refractivity contribution is 0.0619. The first kappa shape index (κ1) is 19.4. The molecule has 0 aromatic heterocycles. The molecule has 1 heterocycles. The number of piperazine rings is 1. The Hall–Kier alpha value is -2.40. The number of halogens is 1. The van der Waals surface area contributed by atoms with Gasteiger partial charge in [-0.25, -0.2) is 4.39 Å². The second-order valence-electron chi connectivity index (χ2n) is 7.17. The number of benzene rings is 2. The van der Waals surface area contributed by atoms with Crippen molar-refractivity contribution in [1.82, 2.24) is 9.80 Å². The van der Waals surface area contributed by atoms with Crippen LogP contribution in [-0.2, 0) is 0 Å². The summed E-state index contributed by atoms with van der Waals surface area (Å²) in [4.78, 5) is 16.7. The van der Waals surface area contributed by atoms with E-state index in [9.17, 15) is 9.18 Å². The molecule has 4 nitrogen and oxygen atoms in total. The minimum atomic E-state index is -0.330. The molecule has 3 rings (SSSR count). The Balaban J connectivity index is 1.47. The fourth-order valence-electron chi connectivity index (χ4n) is 3.39. The molecule has 1 amide bonds. The second-order valence-corrected chi connectivity index (χ2v) is 7.17. The van der Waals surface area contributed by atoms with Crippen molar-refractivity contribution in [2.24, 2.45) is 0 Å². The normalized spacial score (nSPS) is 15.0. The van der Waals surface area contributed by atoms with Gasteiger partial charge in [0.2, 0.25) is 0 Å². The number of hydrogen-bond donors (Lipinski definition) is 0. The van der Waals surface area contributed by atoms with Gasteiger partial charge in [-0.1, -0.05) is 24.3 Å². The molecular weight excluding hydrogens is 343 g/mol. The van der Waals surface area contributed by atoms with Crippen molar-refractivity contribution in [3.05, 3.63) is 64.5 Å². The molecule has 0 saturated carbocycles. The van der Waals surface area contributed by atoms with Crippen molar-refractivity contribution in [3.8, 4) is 5.75 Å². The average molecular weight is 370 g/mol. The third-order valence-corrected chi connectivity index (χ3v) is 5.14. The number of ether oxygens (including phenoxy) is 1. The molecule has 2 aromatic rings. The van der Waals surface area contributed by atoms with Crippen LogP contribution in [0.2, 0.25) is 0 Å². The van der Waals surface area contributed by atoms with Crippen molar-refractivity contribution in [3.63, 3.8) is 0 Å². The van der Waals surface area contributed by atoms with E-state index in [0.29, 0.717) is 30.8 Å². The molecule has 1 saturated heterocycles. The zero-order chi connectivity index (χ0) is 19.4. The molecular formula is C22H27FN2O2. The Kier molecular flexibility index (Phi) is 6.11. The predicted octanol–water partition coefficient (Wildman–Crippen LogP) is 3.59. The van der Waals surface area contributed by atoms with Gasteiger partial charge >= 0.3 is 0 Å². The summed E-state index contributed by atoms with van der Waals surface area (Å²) >= 11 is 0. The highest BCUT2D eigenvalue weighted by atomic mass is 19.1. The number of carbonyl (C=O) groups excluding carboxylic acids is 1. The highest BCUT2D eigenvalue weighted by Gasteiger charge is 2.22. The first-order valence-corrected chi connectivity index (χ1v) is 9.42. The molecule has 0 spiro atoms. The smallest absolute Gasteiger partial charge is 0.254 e. The maximum atomic E-state index is 13.7. The van der Waals surface area contributed by atoms with Gasteiger partial charge in [-0.05, 0) is 49.6 Å². The summed E-state index contributed by atoms with van der Waals surface area (Å²) in [6.07, 6.45) is 0. The van der Waals surface area contributed by atoms with Gasteiger partial charge < -0.3 is 9.64 Å². The van der Waals surface area contributed by atoms with Crippen LogP contribution in [0.1, 0.15) is 27.0 Å². The van der Waals surface area contributed by atoms with E-state index in [4.69, 9.17) is 4.74 Å². The van der Waals surface area contributed by atoms with Gasteiger partial charge in [0.15, 0.2) is 0 Å². The lowest BCUT2D eigenvalue weighted by Crippen LogP contribution is -2.49. The fraction of sp³-hybridized carbons (Fsp3) is 0.409. The van der Waals surface area contributed by atoms with Crippen LogP contribution in [-0.4, -0.2) is 55.0 Å². The van der Waals surface area contributed by atoms with Gasteiger partial charge in [-0.15, -0.1) is 0 Å². The molecule has 0 N–H and O–H groups in total. The van der Waals surface area contributed by atoms with Crippen LogP contribution in [0.15, 0.2) is 36.4 Å². The lowest BCUT2D eigenvalue weighted by Gasteiger charge is -2.34. The number of carbonyl (C=O) groups is 1. The van der Waals surface area contributed by atoms with Gasteiger partial charge in [-0.3, -0.25) is 9.69 Å². The largest absolute Gasteiger partial charge is 0.492 e. The lowest BCUT2D eigenvalue weighted by atomic mass is 10.1. The summed E-state index contributed by atoms with van der Waals surface area (Å²) in [5, 5.41) is 0. The topological polar surface area (TPSA) is 32.8 Å². The summed E-state index contributed by atoms with van der Waals surface area (Å²) in [6.45, 7) is 10.2. The van der Waals surface area contributed by atoms with Crippen molar-refractivity contribution < 1.29 is 13.9 Å². The molecule has 2 aromatic carbocycles. The molecule has 0 radical (unpaired) electrons. The third kappa shape index (κ3) is 4.66. The summed E-state index contributed by atoms with van der Waals surface area (Å²) in [5.41, 5.74) is 3.27. The van der Waals surface area contributed by atoms with E-state index in [1.165, 1.54) is 6.07 Å². The maximum absolute atomic E-state index is 13.7. The number of rotatable bonds is 5. The van der Waals surface area contributed by atoms with Gasteiger partial charge in [0, 0.05) is 38.3 Å². The molecule has 144 valence electrons. The van der Waals surface area contributed by atoms with Crippen molar-refractivity contribution in [2.45, 2.75) is 20.8 Å². The molecule has 0 bridgehead atoms. The minimum Gasteiger partial charge on any atom is -0.492 e. The summed E-state index contributed by atoms with van der Waals surface area (Å²) in [5.74, 6) is 0.538. The summed E-state index contributed by atoms with van der Waals surface area (Å²) in [6, 6.07) is 10.8. The Bertz CT molecular complexity index is 794. The SMILES string of the molecule is Cc1ccc(C(=O)N2CCN(CCOc3c(C)cccc3C)CC2)cc1F. The van der Waals surface area contributed by atoms with E-state index in [1.807, 2.05) is 6.07 Å². The Labute approximate surface area is 160 Å². The minimum absolute atomic E-state index is 0.0969. The number of para-hydroxylation sites is 1. The Morgan fingerprint density at radius 2 is 1.67 bits per heavy atom. The number of hydrogen-bond acceptors (Lipinski definition) is 3. The van der Waals surface area contributed by atoms with Crippen LogP contribution in [0.25, 0.3) is 0 Å². The highest BCUT2D eigenvalue weighted by molar-refractivity contribution is 5.94. The molecule has 27 heavy (non-hydrogen) atoms. The van der Waals surface area contributed by atoms with E-state index in [-0.39, 0.29) is 11.7 Å². The number of aryl methyl sites for hydroxylation is 3. The van der Waals surface area contributed by atoms with E-state index in [1.54, 1.807) is 24.0 Å². The average Bonchev–Trinajstić information content (AvgIpc) is 2.66. The van der Waals surface area contributed by atoms with Crippen LogP contribution in [0.4, 0.5) is 4.39 Å². The molecule has 5 heteroatoms. The first-order chi connectivity index (χ1) is 13.0. The summed E-state index contributed by atoms with van der Waals surface area (Å²) in [7, 11) is 0. The Morgan fingerprint density at radius 3 is 2.30 bits per heavy atom. The van der Waals surface area contributed by atoms with Crippen LogP contribution in [0.5, 0.6) is 5.75 Å². The maximum Gasteiger partial charge on any atom is 0.254 e. The zero-order valence-electron chi connectivity index (χ0n) is 16.3. The van der Waals surface area contributed by atoms with Crippen LogP contribution in [0.3, 0.4) is 0 Å². The second kappa shape index (κ2) is 8.53. The molecule has 0 atom stereocenters. The fourth-order valence-corrected chi connectivity index (χ4v) is 3.39. The van der Waals surface area contributed by atoms with Gasteiger partial charge in [0.1, 0.15) is 18.2 Å². The zero-order valence-corrected chi connectivity index (χ0v) is 16.3. The van der Waals surface area contributed by atoms with Gasteiger partial charge in [0.05, 0.1) is 0 Å². The van der Waals surface area contributed by atoms with Crippen molar-refractivity contribution in [1.29, 1.82) is 0 Å². The molecule has 1 aliphatic rings. The van der Waals surface area contributed by atoms with Crippen molar-refractivity contribution in [2.75, 3.05) is 39.3 Å². The van der Waals surface area contributed by atoms with Gasteiger partial charge in [0.25, 0.3) is 5.91 Å². The van der Waals surface area contributed by atoms with E-state index in [0.717, 1.165) is 36.5 Å². The predicted molar refractivity (Wildman–Crippen MR) is 105 cm³/mol. The van der Waals surface area contributed by atoms with E-state index >= 15 is 0 Å². The van der Waals surface area contributed by atoms with Gasteiger partial charge in [-0.2, -0.15) is 0 Å². The highest BCUT2D eigenvalue weighted by Crippen LogP contribution is 2.22. The third-order valence-electron chi connectivity index (χ3n) is 5.14. The number of nitrogens with zero attached hydrogens (tertiary/aromatic N) is 2. The number of amides is 1. The monoisotopic (exact) mass is 370 g/mol. The summed E-state index contributed by atoms with van der Waals surface area (Å²) < 4.78 is 19.7. The van der Waals surface area contributed by atoms with E-state index in [2.05, 4.69) is 30.9 Å². The Morgan fingerprint density at radius 1 is 1.00 bits per heavy atom. The van der Waals surface area contributed by atoms with Crippen LogP contribution >= 0.6 is 0 Å². The molecule has 1 aliphatic heterocycles. The standard InChI is InChI=1S/C22H27FN2O2/c1-16-7-8-19(15-20(16)23)22(26)25-11-9-24(10-12-25)13-14-27-21-17(2)5-4-6-18(21)3/h4-8,15H,9-14H2,1-3H3. The van der Waals surface area contributed by atoms with E-state index < -0.39 is 0 Å². The molecule has 0 aliphatic carbocycles. The van der Waals surface area contributed by atoms with Crippen LogP contribution < -0.4 is 4.74 Å². The van der Waals surface area contributed by atoms with Crippen LogP contribution in [0, 0.1) is 26.6 Å². The quantitative estimate of drug-likeness (QED) is 0.806. The molecule has 0 unspecified atom stereocenters. The van der Waals surface area contributed by atoms with Crippen molar-refractivity contribution >= 4 is 5.91 Å². The first-order valence-electron chi connectivity index (χ1n) is 9.42.